The average molecular weight is 1570 g/mol. The molecule has 0 spiro atoms. The molecule has 0 saturated carbocycles. The number of carbonyl (C=O) groups excluding carboxylic acids is 3. The van der Waals surface area contributed by atoms with Crippen molar-refractivity contribution in [3.05, 3.63) is 104 Å². The summed E-state index contributed by atoms with van der Waals surface area (Å²) in [7, 11) is -20.8. The van der Waals surface area contributed by atoms with E-state index in [2.05, 4.69) is 41.4 Å². The summed E-state index contributed by atoms with van der Waals surface area (Å²) in [5.41, 5.74) is 9.33. The maximum atomic E-state index is 13.2. The van der Waals surface area contributed by atoms with Crippen LogP contribution in [0.2, 0.25) is 0 Å². The van der Waals surface area contributed by atoms with Crippen LogP contribution in [-0.2, 0) is 102 Å². The number of phosphoric acid groups is 3. The van der Waals surface area contributed by atoms with Gasteiger partial charge >= 0.3 is 62.6 Å². The molecule has 36 nitrogen and oxygen atoms in total. The van der Waals surface area contributed by atoms with Crippen molar-refractivity contribution in [2.45, 2.75) is 76.6 Å². The molecule has 6 rings (SSSR count). The molecule has 548 valence electrons. The maximum absolute atomic E-state index is 13.2. The smallest absolute Gasteiger partial charge is 0.456 e. The van der Waals surface area contributed by atoms with Gasteiger partial charge in [-0.2, -0.15) is 8.62 Å². The fourth-order valence-corrected chi connectivity index (χ4v) is 14.3. The predicted octanol–water partition coefficient (Wildman–Crippen LogP) is 2.24. The second-order valence-electron chi connectivity index (χ2n) is 20.7. The predicted molar refractivity (Wildman–Crippen MR) is 360 cm³/mol. The number of nitrogens with two attached hydrogens (primary N) is 2. The Bertz CT molecular complexity index is 4170. The quantitative estimate of drug-likeness (QED) is 0.00523. The van der Waals surface area contributed by atoms with Crippen LogP contribution in [0.25, 0.3) is 33.4 Å². The summed E-state index contributed by atoms with van der Waals surface area (Å²) in [5, 5.41) is 15.5. The summed E-state index contributed by atoms with van der Waals surface area (Å²) >= 11 is 5.31. The van der Waals surface area contributed by atoms with Crippen LogP contribution < -0.4 is 43.7 Å². The van der Waals surface area contributed by atoms with Crippen molar-refractivity contribution in [1.82, 2.24) is 25.5 Å². The van der Waals surface area contributed by atoms with E-state index in [0.29, 0.717) is 65.5 Å². The molecule has 99 heavy (non-hydrogen) atoms. The van der Waals surface area contributed by atoms with Gasteiger partial charge in [-0.05, 0) is 98.4 Å². The maximum Gasteiger partial charge on any atom is 0.490 e. The molecule has 45 heteroatoms. The number of nitrogens with zero attached hydrogens (tertiary/aromatic N) is 1. The number of aryl methyl sites for hydroxylation is 1. The third-order valence-corrected chi connectivity index (χ3v) is 21.7. The van der Waals surface area contributed by atoms with Gasteiger partial charge in [0.2, 0.25) is 0 Å². The molecule has 2 aliphatic heterocycles. The monoisotopic (exact) mass is 1570 g/mol. The van der Waals surface area contributed by atoms with E-state index < -0.39 is 103 Å². The summed E-state index contributed by atoms with van der Waals surface area (Å²) < 4.78 is 144. The van der Waals surface area contributed by atoms with Gasteiger partial charge in [-0.3, -0.25) is 29.1 Å². The van der Waals surface area contributed by atoms with Crippen molar-refractivity contribution in [2.75, 3.05) is 95.9 Å². The van der Waals surface area contributed by atoms with Gasteiger partial charge in [-0.25, -0.2) is 28.1 Å². The van der Waals surface area contributed by atoms with Gasteiger partial charge in [-0.15, -0.1) is 25.3 Å². The van der Waals surface area contributed by atoms with Crippen molar-refractivity contribution in [3.8, 4) is 34.3 Å². The molecule has 1 aliphatic carbocycles. The van der Waals surface area contributed by atoms with E-state index in [4.69, 9.17) is 99.5 Å². The summed E-state index contributed by atoms with van der Waals surface area (Å²) in [5.74, 6) is 6.47. The third-order valence-electron chi connectivity index (χ3n) is 12.8. The number of amides is 3. The number of H-pyrrole nitrogens is 1. The molecule has 0 bridgehead atoms. The van der Waals surface area contributed by atoms with Crippen LogP contribution in [-0.4, -0.2) is 180 Å². The molecule has 4 unspecified atom stereocenters. The molecule has 3 heterocycles. The Labute approximate surface area is 583 Å². The van der Waals surface area contributed by atoms with Crippen LogP contribution in [0.3, 0.4) is 0 Å². The number of ether oxygens (including phenoxy) is 7. The van der Waals surface area contributed by atoms with Crippen molar-refractivity contribution in [3.63, 3.8) is 0 Å². The van der Waals surface area contributed by atoms with E-state index in [1.165, 1.54) is 10.8 Å². The minimum Gasteiger partial charge on any atom is -0.456 e. The molecule has 12 N–H and O–H groups in total. The minimum atomic E-state index is -5.80. The number of hydrogen-bond donors (Lipinski definition) is 10. The number of fused-ring (bicyclic) bond motifs is 2. The normalized spacial score (nSPS) is 15.9. The lowest BCUT2D eigenvalue weighted by molar-refractivity contribution is -0.172. The highest BCUT2D eigenvalue weighted by Crippen LogP contribution is 2.66. The summed E-state index contributed by atoms with van der Waals surface area (Å²) in [6.45, 7) is 9.03. The second kappa shape index (κ2) is 42.4. The van der Waals surface area contributed by atoms with Gasteiger partial charge < -0.3 is 78.8 Å². The van der Waals surface area contributed by atoms with Crippen LogP contribution in [0.1, 0.15) is 74.2 Å². The number of nitrogen functional groups attached to an aromatic ring is 1. The first-order chi connectivity index (χ1) is 46.6. The number of unbranched alkanes of at least 4 members (excludes halogenated alkanes) is 1. The van der Waals surface area contributed by atoms with Crippen LogP contribution in [0.15, 0.2) is 74.8 Å². The lowest BCUT2D eigenvalue weighted by Crippen LogP contribution is -2.44. The number of anilines is 1. The van der Waals surface area contributed by atoms with Gasteiger partial charge in [0.15, 0.2) is 5.36 Å². The van der Waals surface area contributed by atoms with E-state index in [0.717, 1.165) is 38.4 Å². The molecule has 3 amide bonds. The third kappa shape index (κ3) is 33.1. The molecular formula is C54H73N7O29P3S6+. The van der Waals surface area contributed by atoms with Crippen molar-refractivity contribution >= 4 is 122 Å². The Morgan fingerprint density at radius 2 is 1.48 bits per heavy atom. The van der Waals surface area contributed by atoms with Crippen LogP contribution in [0.5, 0.6) is 0 Å². The molecule has 0 radical (unpaired) electrons. The van der Waals surface area contributed by atoms with Gasteiger partial charge in [-0.1, -0.05) is 55.9 Å². The lowest BCUT2D eigenvalue weighted by atomic mass is 9.90. The molecule has 1 fully saturated rings. The zero-order valence-electron chi connectivity index (χ0n) is 53.1. The SMILES string of the molecule is CCS(=S)COC1C[C@H](n2cc(C#CCNC(=O)OCCCCOCSSC(C)(C)CCOC(=O)NCCOCCOCCNC(=O)c3ccc(C)c(-c4c5ccc(=[NH2+])cc-5oc5cc(N)ccc45)c3)c(=O)[nH]c2=O)O[C@@H]1COP(=O)(O)OP(=O)(O)OP(=O)(O)O.O=S(=O)=O.O=S(=O)=O. The standard InChI is InChI=1S/C54H72N7O23P3S4.2O3S/c1-5-91(88)34-79-45-30-47(82-46(45)32-80-86(70,71)84-87(72,73)83-85(67,68)69)61-31-37(50(63)60-51(61)64)9-8-17-58-52(65)77-21-7-6-20-76-33-89-90-54(3,4)16-22-78-53(66)59-19-24-75-26-25-74-23-18-57-49(62)36-11-10-35(2)42(27-36)48-40-14-12-38(55)28-43(40)81-44-29-39(56)13-15-41(44)48;2*1-4(2)3/h10-15,27-29,31,45-47,55H,5-7,16-26,30,32-34,56H2,1-4H3,(H,57,62)(H,58,65)(H,59,66)(H,70,71)(H,72,73)(H,60,63,64)(H2,67,68,69);;/p+1/t45?,46-,47-,91?;;/m1../s1. The van der Waals surface area contributed by atoms with Gasteiger partial charge in [0, 0.05) is 77.0 Å². The Balaban J connectivity index is 0.00000246. The molecular weight excluding hydrogens is 1500 g/mol. The van der Waals surface area contributed by atoms with Gasteiger partial charge in [0.05, 0.1) is 70.9 Å². The van der Waals surface area contributed by atoms with Gasteiger partial charge in [0.1, 0.15) is 35.2 Å². The second-order valence-corrected chi connectivity index (χ2v) is 32.0. The van der Waals surface area contributed by atoms with Crippen LogP contribution in [0, 0.1) is 18.8 Å². The van der Waals surface area contributed by atoms with Crippen LogP contribution >= 0.6 is 45.1 Å². The zero-order valence-corrected chi connectivity index (χ0v) is 60.7. The molecule has 1 aromatic heterocycles. The number of alkyl carbamates (subject to hydrolysis) is 2. The van der Waals surface area contributed by atoms with Gasteiger partial charge in [0.25, 0.3) is 11.5 Å². The Morgan fingerprint density at radius 3 is 2.16 bits per heavy atom. The highest BCUT2D eigenvalue weighted by Gasteiger charge is 2.44. The number of rotatable bonds is 36. The number of phosphoric ester groups is 1. The fourth-order valence-electron chi connectivity index (χ4n) is 8.37. The largest absolute Gasteiger partial charge is 0.490 e. The number of aromatic amines is 1. The zero-order chi connectivity index (χ0) is 73.5. The minimum absolute atomic E-state index is 0.0257. The fraction of sp³-hybridized carbons (Fsp3) is 0.481. The number of carbonyl (C=O) groups is 3. The Kier molecular flexibility index (Phi) is 36.5. The summed E-state index contributed by atoms with van der Waals surface area (Å²) in [4.78, 5) is 102. The van der Waals surface area contributed by atoms with Crippen molar-refractivity contribution in [1.29, 1.82) is 0 Å². The summed E-state index contributed by atoms with van der Waals surface area (Å²) in [6.07, 6.45) is -2.11. The van der Waals surface area contributed by atoms with E-state index in [1.54, 1.807) is 29.0 Å². The Morgan fingerprint density at radius 1 is 0.828 bits per heavy atom. The first kappa shape index (κ1) is 85.3. The van der Waals surface area contributed by atoms with E-state index in [-0.39, 0.29) is 87.9 Å². The molecule has 3 aliphatic rings. The topological polar surface area (TPSA) is 534 Å². The molecule has 1 saturated heterocycles. The first-order valence-corrected chi connectivity index (χ1v) is 40.3. The number of nitrogens with one attached hydrogen (secondary N) is 4. The number of aromatic nitrogens is 2. The highest BCUT2D eigenvalue weighted by atomic mass is 33.1. The number of benzene rings is 3. The van der Waals surface area contributed by atoms with Crippen molar-refractivity contribution in [2.24, 2.45) is 0 Å². The number of hydrogen-bond acceptors (Lipinski definition) is 29. The average Bonchev–Trinajstić information content (AvgIpc) is 1.28. The van der Waals surface area contributed by atoms with E-state index >= 15 is 0 Å². The highest BCUT2D eigenvalue weighted by molar-refractivity contribution is 8.77. The van der Waals surface area contributed by atoms with E-state index in [9.17, 15) is 47.5 Å². The first-order valence-electron chi connectivity index (χ1n) is 28.9. The van der Waals surface area contributed by atoms with E-state index in [1.807, 2.05) is 64.1 Å². The molecule has 6 atom stereocenters. The van der Waals surface area contributed by atoms with Crippen molar-refractivity contribution < 1.29 is 129 Å². The molecule has 3 aromatic rings. The summed E-state index contributed by atoms with van der Waals surface area (Å²) in [6, 6.07) is 16.5. The van der Waals surface area contributed by atoms with Crippen LogP contribution in [0.4, 0.5) is 15.3 Å². The molecule has 2 aromatic carbocycles. The Hall–Kier alpha value is -6.10. The lowest BCUT2D eigenvalue weighted by Gasteiger charge is -2.22.